The van der Waals surface area contributed by atoms with Crippen LogP contribution in [0.4, 0.5) is 0 Å². The summed E-state index contributed by atoms with van der Waals surface area (Å²) in [6.07, 6.45) is 10.8. The van der Waals surface area contributed by atoms with Crippen molar-refractivity contribution < 1.29 is 19.2 Å². The van der Waals surface area contributed by atoms with Crippen molar-refractivity contribution in [2.75, 3.05) is 6.54 Å². The van der Waals surface area contributed by atoms with Crippen LogP contribution in [0.2, 0.25) is 0 Å². The molecule has 4 N–H and O–H groups in total. The van der Waals surface area contributed by atoms with E-state index in [9.17, 15) is 19.2 Å². The normalized spacial score (nSPS) is 31.4. The summed E-state index contributed by atoms with van der Waals surface area (Å²) in [5, 5.41) is 6.13. The SMILES string of the molecule is CC(C)(C)[C@H](NC(=O)[C@@H](NC(=O)C1CC1)C1CCCCC1)C(=O)N1C[C@]2(C[C@H]1C(N)=O)C(C)(C)C21CCC1. The molecule has 2 spiro atoms. The molecule has 5 fully saturated rings. The van der Waals surface area contributed by atoms with Crippen molar-refractivity contribution in [3.8, 4) is 0 Å². The third kappa shape index (κ3) is 4.16. The van der Waals surface area contributed by atoms with Crippen LogP contribution in [0.25, 0.3) is 0 Å². The van der Waals surface area contributed by atoms with Gasteiger partial charge in [-0.2, -0.15) is 0 Å². The molecule has 1 heterocycles. The molecule has 4 aliphatic carbocycles. The van der Waals surface area contributed by atoms with E-state index in [-0.39, 0.29) is 45.8 Å². The van der Waals surface area contributed by atoms with E-state index in [2.05, 4.69) is 24.5 Å². The topological polar surface area (TPSA) is 122 Å². The lowest BCUT2D eigenvalue weighted by atomic mass is 9.73. The van der Waals surface area contributed by atoms with Crippen LogP contribution in [-0.4, -0.2) is 53.2 Å². The third-order valence-electron chi connectivity index (χ3n) is 11.5. The Balaban J connectivity index is 1.37. The van der Waals surface area contributed by atoms with Gasteiger partial charge in [0, 0.05) is 17.9 Å². The van der Waals surface area contributed by atoms with Gasteiger partial charge in [0.2, 0.25) is 23.6 Å². The summed E-state index contributed by atoms with van der Waals surface area (Å²) in [5.41, 5.74) is 5.45. The van der Waals surface area contributed by atoms with Gasteiger partial charge in [0.1, 0.15) is 18.1 Å². The number of nitrogens with zero attached hydrogens (tertiary/aromatic N) is 1. The van der Waals surface area contributed by atoms with Gasteiger partial charge in [0.25, 0.3) is 0 Å². The fourth-order valence-electron chi connectivity index (χ4n) is 8.61. The number of likely N-dealkylation sites (tertiary alicyclic amines) is 1. The number of fused-ring (bicyclic) bond motifs is 1. The molecule has 0 aromatic heterocycles. The molecule has 4 atom stereocenters. The summed E-state index contributed by atoms with van der Waals surface area (Å²) in [6.45, 7) is 10.9. The van der Waals surface area contributed by atoms with Gasteiger partial charge in [-0.05, 0) is 67.1 Å². The summed E-state index contributed by atoms with van der Waals surface area (Å²) >= 11 is 0. The van der Waals surface area contributed by atoms with E-state index in [4.69, 9.17) is 5.73 Å². The number of amides is 4. The lowest BCUT2D eigenvalue weighted by molar-refractivity contribution is -0.144. The van der Waals surface area contributed by atoms with Gasteiger partial charge in [0.05, 0.1) is 0 Å². The second kappa shape index (κ2) is 9.22. The third-order valence-corrected chi connectivity index (χ3v) is 11.5. The molecule has 0 unspecified atom stereocenters. The number of rotatable bonds is 7. The van der Waals surface area contributed by atoms with Crippen molar-refractivity contribution in [1.29, 1.82) is 0 Å². The van der Waals surface area contributed by atoms with E-state index in [0.717, 1.165) is 57.8 Å². The van der Waals surface area contributed by atoms with Crippen LogP contribution in [-0.2, 0) is 19.2 Å². The van der Waals surface area contributed by atoms with Gasteiger partial charge in [-0.1, -0.05) is 60.3 Å². The van der Waals surface area contributed by atoms with Crippen molar-refractivity contribution in [2.24, 2.45) is 39.2 Å². The van der Waals surface area contributed by atoms with Crippen molar-refractivity contribution in [3.05, 3.63) is 0 Å². The van der Waals surface area contributed by atoms with Crippen LogP contribution < -0.4 is 16.4 Å². The monoisotopic (exact) mass is 528 g/mol. The van der Waals surface area contributed by atoms with Crippen molar-refractivity contribution >= 4 is 23.6 Å². The number of primary amides is 1. The highest BCUT2D eigenvalue weighted by Gasteiger charge is 2.85. The Morgan fingerprint density at radius 3 is 2.00 bits per heavy atom. The zero-order chi connectivity index (χ0) is 27.7. The number of hydrogen-bond acceptors (Lipinski definition) is 4. The van der Waals surface area contributed by atoms with Crippen molar-refractivity contribution in [1.82, 2.24) is 15.5 Å². The molecule has 0 radical (unpaired) electrons. The van der Waals surface area contributed by atoms with Crippen LogP contribution >= 0.6 is 0 Å². The number of nitrogens with one attached hydrogen (secondary N) is 2. The molecule has 0 aromatic carbocycles. The van der Waals surface area contributed by atoms with Gasteiger partial charge in [-0.25, -0.2) is 0 Å². The standard InChI is InChI=1S/C30H48N4O4/c1-27(2,3)22(33-25(37)21(18-10-7-6-8-11-18)32-24(36)19-12-13-19)26(38)34-17-30(16-20(34)23(31)35)28(4,5)29(30)14-9-15-29/h18-22H,6-17H2,1-5H3,(H2,31,35)(H,32,36)(H,33,37)/t20-,21-,22+,30+/m0/s1. The zero-order valence-corrected chi connectivity index (χ0v) is 24.0. The molecular weight excluding hydrogens is 480 g/mol. The maximum absolute atomic E-state index is 14.2. The van der Waals surface area contributed by atoms with Crippen LogP contribution in [0.5, 0.6) is 0 Å². The molecule has 212 valence electrons. The number of carbonyl (C=O) groups excluding carboxylic acids is 4. The number of hydrogen-bond donors (Lipinski definition) is 3. The molecular formula is C30H48N4O4. The second-order valence-electron chi connectivity index (χ2n) is 14.7. The first kappa shape index (κ1) is 27.4. The van der Waals surface area contributed by atoms with Gasteiger partial charge in [-0.3, -0.25) is 19.2 Å². The average molecular weight is 529 g/mol. The molecule has 4 amide bonds. The van der Waals surface area contributed by atoms with E-state index in [0.29, 0.717) is 13.0 Å². The Morgan fingerprint density at radius 2 is 1.53 bits per heavy atom. The van der Waals surface area contributed by atoms with Gasteiger partial charge in [0.15, 0.2) is 0 Å². The van der Waals surface area contributed by atoms with Crippen LogP contribution in [0.15, 0.2) is 0 Å². The number of carbonyl (C=O) groups is 4. The van der Waals surface area contributed by atoms with Crippen molar-refractivity contribution in [3.63, 3.8) is 0 Å². The second-order valence-corrected chi connectivity index (χ2v) is 14.7. The molecule has 5 rings (SSSR count). The first-order valence-corrected chi connectivity index (χ1v) is 15.0. The Kier molecular flexibility index (Phi) is 6.66. The van der Waals surface area contributed by atoms with Gasteiger partial charge < -0.3 is 21.3 Å². The Bertz CT molecular complexity index is 1000. The highest BCUT2D eigenvalue weighted by atomic mass is 16.2. The Morgan fingerprint density at radius 1 is 0.895 bits per heavy atom. The fraction of sp³-hybridized carbons (Fsp3) is 0.867. The predicted octanol–water partition coefficient (Wildman–Crippen LogP) is 3.28. The van der Waals surface area contributed by atoms with Crippen LogP contribution in [0.1, 0.15) is 105 Å². The summed E-state index contributed by atoms with van der Waals surface area (Å²) in [6, 6.07) is -2.12. The summed E-state index contributed by atoms with van der Waals surface area (Å²) in [7, 11) is 0. The maximum Gasteiger partial charge on any atom is 0.246 e. The summed E-state index contributed by atoms with van der Waals surface area (Å²) in [4.78, 5) is 55.1. The van der Waals surface area contributed by atoms with Crippen LogP contribution in [0, 0.1) is 33.5 Å². The molecule has 1 saturated heterocycles. The van der Waals surface area contributed by atoms with Crippen molar-refractivity contribution in [2.45, 2.75) is 123 Å². The predicted molar refractivity (Wildman–Crippen MR) is 144 cm³/mol. The number of nitrogens with two attached hydrogens (primary N) is 1. The molecule has 8 heteroatoms. The maximum atomic E-state index is 14.2. The highest BCUT2D eigenvalue weighted by molar-refractivity contribution is 5.95. The van der Waals surface area contributed by atoms with E-state index >= 15 is 0 Å². The van der Waals surface area contributed by atoms with E-state index in [1.165, 1.54) is 6.42 Å². The molecule has 5 aliphatic rings. The Hall–Kier alpha value is -2.12. The smallest absolute Gasteiger partial charge is 0.246 e. The molecule has 0 aromatic rings. The quantitative estimate of drug-likeness (QED) is 0.469. The highest BCUT2D eigenvalue weighted by Crippen LogP contribution is 2.88. The largest absolute Gasteiger partial charge is 0.368 e. The molecule has 1 aliphatic heterocycles. The summed E-state index contributed by atoms with van der Waals surface area (Å²) < 4.78 is 0. The lowest BCUT2D eigenvalue weighted by Gasteiger charge is -2.37. The van der Waals surface area contributed by atoms with Gasteiger partial charge in [-0.15, -0.1) is 0 Å². The van der Waals surface area contributed by atoms with E-state index in [1.54, 1.807) is 4.90 Å². The minimum Gasteiger partial charge on any atom is -0.368 e. The average Bonchev–Trinajstić information content (AvgIpc) is 3.67. The molecule has 4 saturated carbocycles. The Labute approximate surface area is 227 Å². The minimum absolute atomic E-state index is 0.00627. The molecule has 8 nitrogen and oxygen atoms in total. The zero-order valence-electron chi connectivity index (χ0n) is 24.0. The fourth-order valence-corrected chi connectivity index (χ4v) is 8.61. The van der Waals surface area contributed by atoms with Gasteiger partial charge >= 0.3 is 0 Å². The lowest BCUT2D eigenvalue weighted by Crippen LogP contribution is -2.61. The van der Waals surface area contributed by atoms with Crippen LogP contribution in [0.3, 0.4) is 0 Å². The molecule has 38 heavy (non-hydrogen) atoms. The molecule has 0 bridgehead atoms. The summed E-state index contributed by atoms with van der Waals surface area (Å²) in [5.74, 6) is -0.965. The minimum atomic E-state index is -0.824. The van der Waals surface area contributed by atoms with E-state index < -0.39 is 29.4 Å². The van der Waals surface area contributed by atoms with E-state index in [1.807, 2.05) is 20.8 Å². The first-order valence-electron chi connectivity index (χ1n) is 15.0. The first-order chi connectivity index (χ1) is 17.8.